The molecular formula is C26H21F3N2O4. The molecule has 0 aliphatic carbocycles. The molecule has 3 aromatic rings. The molecule has 1 aromatic heterocycles. The maximum atomic E-state index is 13.2. The maximum Gasteiger partial charge on any atom is 0.416 e. The number of ether oxygens (including phenoxy) is 1. The second kappa shape index (κ2) is 9.25. The first-order valence-electron chi connectivity index (χ1n) is 10.6. The molecule has 1 fully saturated rings. The number of halogens is 3. The van der Waals surface area contributed by atoms with Crippen LogP contribution in [0.25, 0.3) is 5.76 Å². The smallest absolute Gasteiger partial charge is 0.416 e. The van der Waals surface area contributed by atoms with Crippen LogP contribution in [0.5, 0.6) is 5.75 Å². The molecule has 180 valence electrons. The summed E-state index contributed by atoms with van der Waals surface area (Å²) < 4.78 is 45.0. The molecule has 1 unspecified atom stereocenters. The predicted octanol–water partition coefficient (Wildman–Crippen LogP) is 5.04. The van der Waals surface area contributed by atoms with Crippen molar-refractivity contribution in [1.29, 1.82) is 0 Å². The zero-order chi connectivity index (χ0) is 25.3. The largest absolute Gasteiger partial charge is 0.507 e. The lowest BCUT2D eigenvalue weighted by Gasteiger charge is -2.25. The number of aliphatic hydroxyl groups is 1. The minimum atomic E-state index is -4.56. The van der Waals surface area contributed by atoms with Gasteiger partial charge >= 0.3 is 6.18 Å². The molecule has 4 rings (SSSR count). The van der Waals surface area contributed by atoms with Crippen molar-refractivity contribution in [1.82, 2.24) is 9.88 Å². The van der Waals surface area contributed by atoms with Crippen LogP contribution in [0.3, 0.4) is 0 Å². The normalized spacial score (nSPS) is 17.6. The topological polar surface area (TPSA) is 79.7 Å². The van der Waals surface area contributed by atoms with Gasteiger partial charge in [-0.05, 0) is 54.4 Å². The van der Waals surface area contributed by atoms with Gasteiger partial charge < -0.3 is 14.7 Å². The first kappa shape index (κ1) is 24.0. The number of benzene rings is 2. The molecule has 1 aliphatic heterocycles. The van der Waals surface area contributed by atoms with Gasteiger partial charge in [-0.25, -0.2) is 0 Å². The highest BCUT2D eigenvalue weighted by Crippen LogP contribution is 2.42. The fourth-order valence-electron chi connectivity index (χ4n) is 4.13. The second-order valence-corrected chi connectivity index (χ2v) is 8.11. The van der Waals surface area contributed by atoms with E-state index in [9.17, 15) is 27.9 Å². The number of nitrogens with zero attached hydrogens (tertiary/aromatic N) is 2. The molecule has 9 heteroatoms. The summed E-state index contributed by atoms with van der Waals surface area (Å²) in [4.78, 5) is 31.4. The number of alkyl halides is 3. The minimum Gasteiger partial charge on any atom is -0.507 e. The molecule has 0 spiro atoms. The summed E-state index contributed by atoms with van der Waals surface area (Å²) in [5, 5.41) is 11.2. The summed E-state index contributed by atoms with van der Waals surface area (Å²) in [5.74, 6) is -2.01. The number of likely N-dealkylation sites (tertiary alicyclic amines) is 1. The summed E-state index contributed by atoms with van der Waals surface area (Å²) in [5.41, 5.74) is 0.622. The highest BCUT2D eigenvalue weighted by atomic mass is 19.4. The van der Waals surface area contributed by atoms with Crippen molar-refractivity contribution in [3.63, 3.8) is 0 Å². The quantitative estimate of drug-likeness (QED) is 0.313. The van der Waals surface area contributed by atoms with E-state index in [2.05, 4.69) is 4.98 Å². The molecule has 2 heterocycles. The number of hydrogen-bond donors (Lipinski definition) is 1. The Morgan fingerprint density at radius 3 is 2.46 bits per heavy atom. The van der Waals surface area contributed by atoms with Gasteiger partial charge in [0.1, 0.15) is 11.5 Å². The molecule has 2 aromatic carbocycles. The minimum absolute atomic E-state index is 0.183. The van der Waals surface area contributed by atoms with E-state index < -0.39 is 35.2 Å². The van der Waals surface area contributed by atoms with Crippen LogP contribution in [-0.2, 0) is 22.3 Å². The fourth-order valence-corrected chi connectivity index (χ4v) is 4.13. The van der Waals surface area contributed by atoms with Crippen molar-refractivity contribution < 1.29 is 32.6 Å². The number of carbonyl (C=O) groups is 2. The van der Waals surface area contributed by atoms with Crippen molar-refractivity contribution in [2.75, 3.05) is 7.11 Å². The average Bonchev–Trinajstić information content (AvgIpc) is 3.08. The van der Waals surface area contributed by atoms with Crippen molar-refractivity contribution in [3.8, 4) is 5.75 Å². The van der Waals surface area contributed by atoms with E-state index in [0.29, 0.717) is 11.3 Å². The number of pyridine rings is 1. The number of aliphatic hydroxyl groups excluding tert-OH is 1. The van der Waals surface area contributed by atoms with Crippen LogP contribution < -0.4 is 4.74 Å². The number of aryl methyl sites for hydroxylation is 1. The summed E-state index contributed by atoms with van der Waals surface area (Å²) in [6.45, 7) is 1.52. The third-order valence-corrected chi connectivity index (χ3v) is 5.78. The van der Waals surface area contributed by atoms with Gasteiger partial charge in [-0.2, -0.15) is 13.2 Å². The lowest BCUT2D eigenvalue weighted by molar-refractivity contribution is -0.140. The van der Waals surface area contributed by atoms with E-state index in [4.69, 9.17) is 4.74 Å². The zero-order valence-corrected chi connectivity index (χ0v) is 18.8. The molecule has 1 N–H and O–H groups in total. The Hall–Kier alpha value is -4.14. The molecule has 1 atom stereocenters. The Bertz CT molecular complexity index is 1320. The molecule has 6 nitrogen and oxygen atoms in total. The number of methoxy groups -OCH3 is 1. The van der Waals surface area contributed by atoms with E-state index in [0.717, 1.165) is 22.6 Å². The van der Waals surface area contributed by atoms with E-state index in [1.54, 1.807) is 37.3 Å². The number of Topliss-reactive ketones (excluding diaryl/α,β-unsaturated/α-hetero) is 1. The molecular weight excluding hydrogens is 461 g/mol. The van der Waals surface area contributed by atoms with Crippen molar-refractivity contribution in [3.05, 3.63) is 100 Å². The number of ketones is 1. The summed E-state index contributed by atoms with van der Waals surface area (Å²) in [7, 11) is 1.41. The number of amides is 1. The number of carbonyl (C=O) groups excluding carboxylic acids is 2. The van der Waals surface area contributed by atoms with Gasteiger partial charge in [-0.1, -0.05) is 23.8 Å². The number of aromatic nitrogens is 1. The van der Waals surface area contributed by atoms with Crippen molar-refractivity contribution >= 4 is 17.4 Å². The Morgan fingerprint density at radius 1 is 1.09 bits per heavy atom. The summed E-state index contributed by atoms with van der Waals surface area (Å²) in [6.07, 6.45) is -1.63. The monoisotopic (exact) mass is 482 g/mol. The van der Waals surface area contributed by atoms with Crippen LogP contribution in [0.15, 0.2) is 72.6 Å². The van der Waals surface area contributed by atoms with Gasteiger partial charge in [0.2, 0.25) is 0 Å². The molecule has 0 bridgehead atoms. The third kappa shape index (κ3) is 4.62. The predicted molar refractivity (Wildman–Crippen MR) is 121 cm³/mol. The maximum absolute atomic E-state index is 13.2. The van der Waals surface area contributed by atoms with Crippen LogP contribution in [0.1, 0.15) is 33.9 Å². The number of hydrogen-bond acceptors (Lipinski definition) is 5. The van der Waals surface area contributed by atoms with Gasteiger partial charge in [-0.3, -0.25) is 14.6 Å². The Balaban J connectivity index is 1.87. The zero-order valence-electron chi connectivity index (χ0n) is 18.8. The van der Waals surface area contributed by atoms with Crippen LogP contribution >= 0.6 is 0 Å². The summed E-state index contributed by atoms with van der Waals surface area (Å²) in [6, 6.07) is 11.7. The lowest BCUT2D eigenvalue weighted by atomic mass is 9.95. The van der Waals surface area contributed by atoms with Gasteiger partial charge in [0.05, 0.1) is 29.9 Å². The van der Waals surface area contributed by atoms with E-state index in [1.165, 1.54) is 31.6 Å². The third-order valence-electron chi connectivity index (χ3n) is 5.78. The van der Waals surface area contributed by atoms with Gasteiger partial charge in [0.25, 0.3) is 11.7 Å². The Kier molecular flexibility index (Phi) is 6.34. The lowest BCUT2D eigenvalue weighted by Crippen LogP contribution is -2.29. The van der Waals surface area contributed by atoms with E-state index in [-0.39, 0.29) is 23.2 Å². The average molecular weight is 482 g/mol. The SMILES string of the molecule is COc1ccc(C)cc1/C(O)=C1\C(=O)C(=O)N(Cc2cccc(C(F)(F)F)c2)C1c1ccncc1. The Morgan fingerprint density at radius 2 is 1.80 bits per heavy atom. The van der Waals surface area contributed by atoms with E-state index >= 15 is 0 Å². The first-order chi connectivity index (χ1) is 16.6. The highest BCUT2D eigenvalue weighted by molar-refractivity contribution is 6.46. The van der Waals surface area contributed by atoms with Crippen molar-refractivity contribution in [2.24, 2.45) is 0 Å². The van der Waals surface area contributed by atoms with Crippen LogP contribution in [0.4, 0.5) is 13.2 Å². The van der Waals surface area contributed by atoms with E-state index in [1.807, 2.05) is 0 Å². The molecule has 1 amide bonds. The van der Waals surface area contributed by atoms with Crippen molar-refractivity contribution in [2.45, 2.75) is 25.7 Å². The summed E-state index contributed by atoms with van der Waals surface area (Å²) >= 11 is 0. The molecule has 35 heavy (non-hydrogen) atoms. The van der Waals surface area contributed by atoms with Gasteiger partial charge in [0, 0.05) is 18.9 Å². The van der Waals surface area contributed by atoms with Gasteiger partial charge in [0.15, 0.2) is 0 Å². The molecule has 0 radical (unpaired) electrons. The first-order valence-corrected chi connectivity index (χ1v) is 10.6. The Labute approximate surface area is 199 Å². The second-order valence-electron chi connectivity index (χ2n) is 8.11. The fraction of sp³-hybridized carbons (Fsp3) is 0.192. The van der Waals surface area contributed by atoms with Crippen LogP contribution in [0, 0.1) is 6.92 Å². The van der Waals surface area contributed by atoms with Crippen LogP contribution in [0.2, 0.25) is 0 Å². The molecule has 1 aliphatic rings. The molecule has 0 saturated carbocycles. The van der Waals surface area contributed by atoms with Gasteiger partial charge in [-0.15, -0.1) is 0 Å². The molecule has 1 saturated heterocycles. The standard InChI is InChI=1S/C26H21F3N2O4/c1-15-6-7-20(35-2)19(12-15)23(32)21-22(17-8-10-30-11-9-17)31(25(34)24(21)33)14-16-4-3-5-18(13-16)26(27,28)29/h3-13,22,32H,14H2,1-2H3/b23-21+. The van der Waals surface area contributed by atoms with Crippen LogP contribution in [-0.4, -0.2) is 33.8 Å². The highest BCUT2D eigenvalue weighted by Gasteiger charge is 2.46. The number of rotatable bonds is 5.